The van der Waals surface area contributed by atoms with Gasteiger partial charge >= 0.3 is 0 Å². The molecule has 2 N–H and O–H groups in total. The van der Waals surface area contributed by atoms with Crippen LogP contribution in [0.5, 0.6) is 0 Å². The molecule has 38 heavy (non-hydrogen) atoms. The van der Waals surface area contributed by atoms with Crippen LogP contribution in [-0.4, -0.2) is 44.2 Å². The summed E-state index contributed by atoms with van der Waals surface area (Å²) in [6.07, 6.45) is 1.78. The summed E-state index contributed by atoms with van der Waals surface area (Å²) in [5, 5.41) is 6.46. The first kappa shape index (κ1) is 28.1. The molecule has 1 aliphatic heterocycles. The maximum atomic E-state index is 13.2. The number of carbonyl (C=O) groups excluding carboxylic acids is 2. The number of para-hydroxylation sites is 1. The zero-order chi connectivity index (χ0) is 27.1. The molecule has 1 saturated heterocycles. The molecule has 1 atom stereocenters. The van der Waals surface area contributed by atoms with Gasteiger partial charge in [-0.25, -0.2) is 12.7 Å². The van der Waals surface area contributed by atoms with Crippen LogP contribution in [-0.2, 0) is 27.0 Å². The number of hydrogen-bond acceptors (Lipinski definition) is 4. The van der Waals surface area contributed by atoms with Gasteiger partial charge in [-0.05, 0) is 54.7 Å². The Morgan fingerprint density at radius 1 is 0.974 bits per heavy atom. The summed E-state index contributed by atoms with van der Waals surface area (Å²) >= 11 is 12.1. The van der Waals surface area contributed by atoms with E-state index in [1.54, 1.807) is 36.4 Å². The zero-order valence-electron chi connectivity index (χ0n) is 20.7. The average Bonchev–Trinajstić information content (AvgIpc) is 2.91. The van der Waals surface area contributed by atoms with Crippen molar-refractivity contribution in [2.45, 2.75) is 25.0 Å². The van der Waals surface area contributed by atoms with Gasteiger partial charge in [-0.2, -0.15) is 0 Å². The lowest BCUT2D eigenvalue weighted by Crippen LogP contribution is -2.44. The van der Waals surface area contributed by atoms with Crippen LogP contribution < -0.4 is 10.6 Å². The molecule has 0 saturated carbocycles. The van der Waals surface area contributed by atoms with Gasteiger partial charge in [-0.1, -0.05) is 71.7 Å². The van der Waals surface area contributed by atoms with Crippen molar-refractivity contribution in [1.29, 1.82) is 0 Å². The minimum Gasteiger partial charge on any atom is -0.352 e. The van der Waals surface area contributed by atoms with Crippen LogP contribution in [0.1, 0.15) is 34.3 Å². The number of anilines is 1. The average molecular weight is 575 g/mol. The van der Waals surface area contributed by atoms with E-state index < -0.39 is 15.9 Å². The van der Waals surface area contributed by atoms with Crippen molar-refractivity contribution in [3.05, 3.63) is 99.5 Å². The number of benzene rings is 3. The highest BCUT2D eigenvalue weighted by Gasteiger charge is 2.33. The molecule has 2 amide bonds. The summed E-state index contributed by atoms with van der Waals surface area (Å²) in [4.78, 5) is 26.0. The Morgan fingerprint density at radius 3 is 2.47 bits per heavy atom. The van der Waals surface area contributed by atoms with Crippen LogP contribution in [0.25, 0.3) is 0 Å². The van der Waals surface area contributed by atoms with Crippen LogP contribution >= 0.6 is 23.2 Å². The highest BCUT2D eigenvalue weighted by molar-refractivity contribution is 7.88. The maximum absolute atomic E-state index is 13.2. The molecule has 0 spiro atoms. The first-order valence-corrected chi connectivity index (χ1v) is 14.7. The Kier molecular flexibility index (Phi) is 9.44. The second-order valence-corrected chi connectivity index (χ2v) is 12.0. The Bertz CT molecular complexity index is 1400. The fraction of sp³-hybridized carbons (Fsp3) is 0.286. The lowest BCUT2D eigenvalue weighted by atomic mass is 9.98. The third-order valence-electron chi connectivity index (χ3n) is 6.47. The predicted molar refractivity (Wildman–Crippen MR) is 151 cm³/mol. The largest absolute Gasteiger partial charge is 0.352 e. The summed E-state index contributed by atoms with van der Waals surface area (Å²) in [7, 11) is -3.70. The van der Waals surface area contributed by atoms with E-state index in [4.69, 9.17) is 23.2 Å². The predicted octanol–water partition coefficient (Wildman–Crippen LogP) is 5.15. The van der Waals surface area contributed by atoms with E-state index in [1.807, 2.05) is 30.3 Å². The van der Waals surface area contributed by atoms with E-state index in [0.717, 1.165) is 5.56 Å². The van der Waals surface area contributed by atoms with Gasteiger partial charge in [0.1, 0.15) is 0 Å². The smallest absolute Gasteiger partial charge is 0.253 e. The number of nitrogens with zero attached hydrogens (tertiary/aromatic N) is 1. The number of halogens is 2. The van der Waals surface area contributed by atoms with Crippen molar-refractivity contribution in [2.24, 2.45) is 5.92 Å². The number of nitrogens with one attached hydrogen (secondary N) is 2. The van der Waals surface area contributed by atoms with E-state index in [0.29, 0.717) is 54.2 Å². The Labute approximate surface area is 233 Å². The number of carbonyl (C=O) groups is 2. The molecule has 10 heteroatoms. The normalized spacial score (nSPS) is 16.1. The molecule has 0 aromatic heterocycles. The molecule has 1 heterocycles. The molecule has 200 valence electrons. The van der Waals surface area contributed by atoms with Crippen molar-refractivity contribution in [3.8, 4) is 0 Å². The summed E-state index contributed by atoms with van der Waals surface area (Å²) < 4.78 is 27.6. The second kappa shape index (κ2) is 12.8. The molecular weight excluding hydrogens is 545 g/mol. The third kappa shape index (κ3) is 7.35. The monoisotopic (exact) mass is 573 g/mol. The van der Waals surface area contributed by atoms with Gasteiger partial charge in [-0.15, -0.1) is 0 Å². The van der Waals surface area contributed by atoms with Crippen LogP contribution in [0.2, 0.25) is 10.0 Å². The number of hydrogen-bond donors (Lipinski definition) is 2. The van der Waals surface area contributed by atoms with Gasteiger partial charge in [0.25, 0.3) is 5.91 Å². The van der Waals surface area contributed by atoms with Crippen LogP contribution in [0.15, 0.2) is 72.8 Å². The van der Waals surface area contributed by atoms with E-state index >= 15 is 0 Å². The SMILES string of the molecule is O=C(NCCc1ccccc1)c1ccccc1NC(=O)[C@@H]1CCCN(S(=O)(=O)Cc2ccc(Cl)cc2Cl)C1. The van der Waals surface area contributed by atoms with E-state index in [-0.39, 0.29) is 29.1 Å². The number of rotatable bonds is 9. The van der Waals surface area contributed by atoms with E-state index in [1.165, 1.54) is 10.4 Å². The van der Waals surface area contributed by atoms with E-state index in [2.05, 4.69) is 10.6 Å². The topological polar surface area (TPSA) is 95.6 Å². The molecule has 0 aliphatic carbocycles. The molecule has 7 nitrogen and oxygen atoms in total. The number of piperidine rings is 1. The first-order chi connectivity index (χ1) is 18.2. The molecule has 3 aromatic rings. The Balaban J connectivity index is 1.38. The summed E-state index contributed by atoms with van der Waals surface area (Å²) in [5.41, 5.74) is 2.31. The van der Waals surface area contributed by atoms with Gasteiger partial charge in [0.05, 0.1) is 22.9 Å². The molecule has 0 radical (unpaired) electrons. The quantitative estimate of drug-likeness (QED) is 0.370. The van der Waals surface area contributed by atoms with Crippen molar-refractivity contribution in [3.63, 3.8) is 0 Å². The Hall–Kier alpha value is -2.91. The molecule has 3 aromatic carbocycles. The van der Waals surface area contributed by atoms with Gasteiger partial charge in [0, 0.05) is 29.7 Å². The first-order valence-electron chi connectivity index (χ1n) is 12.4. The van der Waals surface area contributed by atoms with Crippen molar-refractivity contribution >= 4 is 50.7 Å². The van der Waals surface area contributed by atoms with E-state index in [9.17, 15) is 18.0 Å². The number of amides is 2. The van der Waals surface area contributed by atoms with Crippen LogP contribution in [0.4, 0.5) is 5.69 Å². The molecule has 0 unspecified atom stereocenters. The Morgan fingerprint density at radius 2 is 1.71 bits per heavy atom. The van der Waals surface area contributed by atoms with Crippen molar-refractivity contribution < 1.29 is 18.0 Å². The summed E-state index contributed by atoms with van der Waals surface area (Å²) in [6, 6.07) is 21.3. The lowest BCUT2D eigenvalue weighted by Gasteiger charge is -2.31. The lowest BCUT2D eigenvalue weighted by molar-refractivity contribution is -0.120. The standard InChI is InChI=1S/C28H29Cl2N3O4S/c29-23-13-12-22(25(30)17-23)19-38(36,37)33-16-6-9-21(18-33)27(34)32-26-11-5-4-10-24(26)28(35)31-15-14-20-7-2-1-3-8-20/h1-5,7-8,10-13,17,21H,6,9,14-16,18-19H2,(H,31,35)(H,32,34)/t21-/m1/s1. The highest BCUT2D eigenvalue weighted by atomic mass is 35.5. The summed E-state index contributed by atoms with van der Waals surface area (Å²) in [6.45, 7) is 0.848. The molecule has 4 rings (SSSR count). The minimum atomic E-state index is -3.70. The van der Waals surface area contributed by atoms with Crippen molar-refractivity contribution in [2.75, 3.05) is 25.0 Å². The van der Waals surface area contributed by atoms with Crippen molar-refractivity contribution in [1.82, 2.24) is 9.62 Å². The fourth-order valence-electron chi connectivity index (χ4n) is 4.42. The van der Waals surface area contributed by atoms with Gasteiger partial charge in [0.2, 0.25) is 15.9 Å². The van der Waals surface area contributed by atoms with Gasteiger partial charge in [0.15, 0.2) is 0 Å². The highest BCUT2D eigenvalue weighted by Crippen LogP contribution is 2.27. The van der Waals surface area contributed by atoms with Gasteiger partial charge < -0.3 is 10.6 Å². The van der Waals surface area contributed by atoms with Crippen LogP contribution in [0, 0.1) is 5.92 Å². The molecule has 1 aliphatic rings. The minimum absolute atomic E-state index is 0.0603. The molecule has 0 bridgehead atoms. The van der Waals surface area contributed by atoms with Crippen LogP contribution in [0.3, 0.4) is 0 Å². The maximum Gasteiger partial charge on any atom is 0.253 e. The fourth-order valence-corrected chi connectivity index (χ4v) is 6.62. The summed E-state index contributed by atoms with van der Waals surface area (Å²) in [5.74, 6) is -1.43. The second-order valence-electron chi connectivity index (χ2n) is 9.22. The third-order valence-corrected chi connectivity index (χ3v) is 8.85. The zero-order valence-corrected chi connectivity index (χ0v) is 23.0. The van der Waals surface area contributed by atoms with Gasteiger partial charge in [-0.3, -0.25) is 9.59 Å². The molecule has 1 fully saturated rings. The number of sulfonamides is 1. The molecular formula is C28H29Cl2N3O4S.